The Morgan fingerprint density at radius 2 is 1.84 bits per heavy atom. The monoisotopic (exact) mass is 364 g/mol. The molecule has 0 saturated carbocycles. The molecule has 1 aromatic carbocycles. The van der Waals surface area contributed by atoms with Crippen LogP contribution in [0.2, 0.25) is 0 Å². The molecule has 0 bridgehead atoms. The molecular weight excluding hydrogens is 336 g/mol. The molecule has 1 fully saturated rings. The van der Waals surface area contributed by atoms with Crippen molar-refractivity contribution >= 4 is 20.9 Å². The number of benzene rings is 1. The average molecular weight is 365 g/mol. The van der Waals surface area contributed by atoms with Crippen LogP contribution in [0.5, 0.6) is 0 Å². The Kier molecular flexibility index (Phi) is 6.93. The number of rotatable bonds is 3. The maximum atomic E-state index is 12.9. The fraction of sp³-hybridized carbons (Fsp3) is 0.526. The van der Waals surface area contributed by atoms with Crippen LogP contribution in [0.1, 0.15) is 38.7 Å². The van der Waals surface area contributed by atoms with E-state index >= 15 is 0 Å². The highest BCUT2D eigenvalue weighted by molar-refractivity contribution is 7.89. The lowest BCUT2D eigenvalue weighted by atomic mass is 10.1. The Morgan fingerprint density at radius 3 is 2.44 bits per heavy atom. The summed E-state index contributed by atoms with van der Waals surface area (Å²) < 4.78 is 32.7. The van der Waals surface area contributed by atoms with Gasteiger partial charge in [0.25, 0.3) is 0 Å². The van der Waals surface area contributed by atoms with E-state index in [4.69, 9.17) is 4.74 Å². The van der Waals surface area contributed by atoms with Gasteiger partial charge in [0.15, 0.2) is 0 Å². The Labute approximate surface area is 151 Å². The molecule has 0 atom stereocenters. The molecule has 0 N–H and O–H groups in total. The molecule has 3 rings (SSSR count). The lowest BCUT2D eigenvalue weighted by molar-refractivity contribution is 0.0604. The number of sulfonamides is 1. The predicted molar refractivity (Wildman–Crippen MR) is 101 cm³/mol. The molecule has 0 aliphatic carbocycles. The fourth-order valence-corrected chi connectivity index (χ4v) is 4.69. The number of hydrogen-bond acceptors (Lipinski definition) is 4. The van der Waals surface area contributed by atoms with Crippen molar-refractivity contribution in [2.75, 3.05) is 20.2 Å². The third-order valence-electron chi connectivity index (χ3n) is 4.33. The zero-order valence-corrected chi connectivity index (χ0v) is 16.3. The van der Waals surface area contributed by atoms with Crippen LogP contribution in [0.15, 0.2) is 35.4 Å². The highest BCUT2D eigenvalue weighted by Gasteiger charge is 2.30. The number of aromatic nitrogens is 1. The van der Waals surface area contributed by atoms with E-state index in [1.165, 1.54) is 6.42 Å². The highest BCUT2D eigenvalue weighted by Crippen LogP contribution is 2.28. The van der Waals surface area contributed by atoms with Crippen molar-refractivity contribution < 1.29 is 13.2 Å². The van der Waals surface area contributed by atoms with E-state index < -0.39 is 10.0 Å². The standard InChI is InChI=1S/C16H20N2O3S.C3H8/c1-12-15(6-5-13-4-3-9-17-16(12)13)22(19,20)18-10-7-14(21-2)8-11-18;1-3-2/h3-6,9,14H,7-8,10-11H2,1-2H3;3H2,1-2H3. The predicted octanol–water partition coefficient (Wildman–Crippen LogP) is 3.76. The minimum absolute atomic E-state index is 0.158. The van der Waals surface area contributed by atoms with Crippen molar-refractivity contribution in [3.63, 3.8) is 0 Å². The van der Waals surface area contributed by atoms with Gasteiger partial charge in [-0.15, -0.1) is 0 Å². The van der Waals surface area contributed by atoms with E-state index in [9.17, 15) is 8.42 Å². The van der Waals surface area contributed by atoms with Gasteiger partial charge in [-0.2, -0.15) is 4.31 Å². The molecule has 25 heavy (non-hydrogen) atoms. The van der Waals surface area contributed by atoms with Gasteiger partial charge in [0, 0.05) is 31.8 Å². The SMILES string of the molecule is CCC.COC1CCN(S(=O)(=O)c2ccc3cccnc3c2C)CC1. The highest BCUT2D eigenvalue weighted by atomic mass is 32.2. The number of nitrogens with zero attached hydrogens (tertiary/aromatic N) is 2. The van der Waals surface area contributed by atoms with Crippen molar-refractivity contribution in [1.29, 1.82) is 0 Å². The zero-order chi connectivity index (χ0) is 18.4. The summed E-state index contributed by atoms with van der Waals surface area (Å²) in [4.78, 5) is 4.68. The van der Waals surface area contributed by atoms with Crippen LogP contribution in [0.3, 0.4) is 0 Å². The van der Waals surface area contributed by atoms with Gasteiger partial charge in [-0.1, -0.05) is 32.4 Å². The molecule has 1 aromatic heterocycles. The summed E-state index contributed by atoms with van der Waals surface area (Å²) in [6.45, 7) is 7.07. The lowest BCUT2D eigenvalue weighted by Crippen LogP contribution is -2.40. The fourth-order valence-electron chi connectivity index (χ4n) is 3.00. The van der Waals surface area contributed by atoms with E-state index in [0.717, 1.165) is 23.7 Å². The van der Waals surface area contributed by atoms with Crippen molar-refractivity contribution in [3.8, 4) is 0 Å². The number of methoxy groups -OCH3 is 1. The van der Waals surface area contributed by atoms with Crippen LogP contribution in [0.4, 0.5) is 0 Å². The smallest absolute Gasteiger partial charge is 0.243 e. The summed E-state index contributed by atoms with van der Waals surface area (Å²) in [5, 5.41) is 0.956. The van der Waals surface area contributed by atoms with Gasteiger partial charge in [0.1, 0.15) is 0 Å². The molecule has 0 unspecified atom stereocenters. The summed E-state index contributed by atoms with van der Waals surface area (Å²) in [6, 6.07) is 7.31. The average Bonchev–Trinajstić information content (AvgIpc) is 2.63. The first kappa shape index (κ1) is 19.8. The quantitative estimate of drug-likeness (QED) is 0.832. The molecular formula is C19H28N2O3S. The molecule has 0 spiro atoms. The first-order valence-electron chi connectivity index (χ1n) is 8.82. The van der Waals surface area contributed by atoms with Gasteiger partial charge < -0.3 is 4.74 Å². The number of fused-ring (bicyclic) bond motifs is 1. The van der Waals surface area contributed by atoms with Crippen LogP contribution in [-0.4, -0.2) is 44.0 Å². The van der Waals surface area contributed by atoms with Gasteiger partial charge in [-0.3, -0.25) is 4.98 Å². The third-order valence-corrected chi connectivity index (χ3v) is 6.37. The van der Waals surface area contributed by atoms with Crippen molar-refractivity contribution in [2.45, 2.75) is 51.0 Å². The molecule has 5 nitrogen and oxygen atoms in total. The summed E-state index contributed by atoms with van der Waals surface area (Å²) in [5.41, 5.74) is 1.46. The Hall–Kier alpha value is -1.50. The summed E-state index contributed by atoms with van der Waals surface area (Å²) in [7, 11) is -1.80. The molecule has 0 radical (unpaired) electrons. The van der Waals surface area contributed by atoms with Gasteiger partial charge in [-0.05, 0) is 37.5 Å². The van der Waals surface area contributed by atoms with Gasteiger partial charge in [0.05, 0.1) is 16.5 Å². The van der Waals surface area contributed by atoms with Crippen LogP contribution >= 0.6 is 0 Å². The minimum atomic E-state index is -3.48. The van der Waals surface area contributed by atoms with E-state index in [0.29, 0.717) is 23.5 Å². The summed E-state index contributed by atoms with van der Waals surface area (Å²) in [5.74, 6) is 0. The Balaban J connectivity index is 0.000000701. The van der Waals surface area contributed by atoms with Crippen LogP contribution < -0.4 is 0 Å². The Bertz CT molecular complexity index is 797. The maximum absolute atomic E-state index is 12.9. The van der Waals surface area contributed by atoms with Gasteiger partial charge in [-0.25, -0.2) is 8.42 Å². The number of hydrogen-bond donors (Lipinski definition) is 0. The topological polar surface area (TPSA) is 59.5 Å². The number of pyridine rings is 1. The third kappa shape index (κ3) is 4.37. The van der Waals surface area contributed by atoms with Crippen LogP contribution in [-0.2, 0) is 14.8 Å². The van der Waals surface area contributed by atoms with Gasteiger partial charge in [0.2, 0.25) is 10.0 Å². The second-order valence-corrected chi connectivity index (χ2v) is 8.22. The minimum Gasteiger partial charge on any atom is -0.381 e. The number of piperidine rings is 1. The van der Waals surface area contributed by atoms with E-state index in [1.54, 1.807) is 23.7 Å². The molecule has 138 valence electrons. The summed E-state index contributed by atoms with van der Waals surface area (Å²) in [6.07, 6.45) is 4.57. The molecule has 1 aliphatic heterocycles. The van der Waals surface area contributed by atoms with Crippen LogP contribution in [0, 0.1) is 6.92 Å². The van der Waals surface area contributed by atoms with E-state index in [2.05, 4.69) is 18.8 Å². The van der Waals surface area contributed by atoms with Gasteiger partial charge >= 0.3 is 0 Å². The molecule has 2 heterocycles. The molecule has 1 saturated heterocycles. The Morgan fingerprint density at radius 1 is 1.20 bits per heavy atom. The van der Waals surface area contributed by atoms with Crippen molar-refractivity contribution in [2.24, 2.45) is 0 Å². The van der Waals surface area contributed by atoms with E-state index in [-0.39, 0.29) is 6.10 Å². The van der Waals surface area contributed by atoms with E-state index in [1.807, 2.05) is 25.1 Å². The first-order valence-corrected chi connectivity index (χ1v) is 10.3. The second-order valence-electron chi connectivity index (χ2n) is 6.31. The molecule has 0 amide bonds. The maximum Gasteiger partial charge on any atom is 0.243 e. The number of ether oxygens (including phenoxy) is 1. The lowest BCUT2D eigenvalue weighted by Gasteiger charge is -2.30. The van der Waals surface area contributed by atoms with Crippen LogP contribution in [0.25, 0.3) is 10.9 Å². The molecule has 2 aromatic rings. The molecule has 6 heteroatoms. The normalized spacial score (nSPS) is 16.5. The summed E-state index contributed by atoms with van der Waals surface area (Å²) >= 11 is 0. The number of aryl methyl sites for hydroxylation is 1. The van der Waals surface area contributed by atoms with Crippen molar-refractivity contribution in [1.82, 2.24) is 9.29 Å². The second kappa shape index (κ2) is 8.74. The zero-order valence-electron chi connectivity index (χ0n) is 15.5. The largest absolute Gasteiger partial charge is 0.381 e. The van der Waals surface area contributed by atoms with Crippen molar-refractivity contribution in [3.05, 3.63) is 36.0 Å². The molecule has 1 aliphatic rings. The first-order chi connectivity index (χ1) is 12.0.